The number of alkyl halides is 2. The van der Waals surface area contributed by atoms with E-state index in [9.17, 15) is 27.3 Å². The molecule has 0 saturated carbocycles. The molecule has 8 nitrogen and oxygen atoms in total. The Labute approximate surface area is 98.9 Å². The monoisotopic (exact) mass is 278 g/mol. The molecule has 0 aromatic carbocycles. The lowest BCUT2D eigenvalue weighted by atomic mass is 10.1. The predicted octanol–water partition coefficient (Wildman–Crippen LogP) is 0.446. The lowest BCUT2D eigenvalue weighted by molar-refractivity contribution is -0.389. The molecular weight excluding hydrogens is 274 g/mol. The molecule has 96 valence electrons. The molecule has 11 heteroatoms. The van der Waals surface area contributed by atoms with Crippen molar-refractivity contribution in [3.05, 3.63) is 27.4 Å². The van der Waals surface area contributed by atoms with Gasteiger partial charge in [-0.15, -0.1) is 0 Å². The lowest BCUT2D eigenvalue weighted by Gasteiger charge is -2.06. The Morgan fingerprint density at radius 2 is 2.11 bits per heavy atom. The Hall–Kier alpha value is -2.19. The van der Waals surface area contributed by atoms with Crippen LogP contribution in [-0.4, -0.2) is 18.3 Å². The molecular formula is C7H4F2N4O4S. The topological polar surface area (TPSA) is 140 Å². The molecule has 0 saturated heterocycles. The molecule has 1 rings (SSSR count). The first kappa shape index (κ1) is 13.9. The number of aromatic nitrogens is 1. The fourth-order valence-corrected chi connectivity index (χ4v) is 1.84. The Morgan fingerprint density at radius 3 is 2.44 bits per heavy atom. The highest BCUT2D eigenvalue weighted by Crippen LogP contribution is 2.34. The van der Waals surface area contributed by atoms with Gasteiger partial charge in [-0.25, -0.2) is 27.3 Å². The molecule has 1 aromatic rings. The molecule has 0 unspecified atom stereocenters. The van der Waals surface area contributed by atoms with Gasteiger partial charge in [-0.1, -0.05) is 0 Å². The second kappa shape index (κ2) is 4.59. The number of nitrogens with zero attached hydrogens (tertiary/aromatic N) is 3. The van der Waals surface area contributed by atoms with Crippen molar-refractivity contribution < 1.29 is 22.1 Å². The van der Waals surface area contributed by atoms with Gasteiger partial charge in [0.05, 0.1) is 10.5 Å². The number of halogens is 2. The third-order valence-electron chi connectivity index (χ3n) is 1.85. The van der Waals surface area contributed by atoms with Gasteiger partial charge in [0.1, 0.15) is 11.6 Å². The van der Waals surface area contributed by atoms with Gasteiger partial charge >= 0.3 is 5.69 Å². The highest BCUT2D eigenvalue weighted by atomic mass is 32.2. The summed E-state index contributed by atoms with van der Waals surface area (Å²) in [5, 5.41) is 22.5. The van der Waals surface area contributed by atoms with Crippen LogP contribution in [0, 0.1) is 21.4 Å². The molecule has 2 N–H and O–H groups in total. The van der Waals surface area contributed by atoms with Crippen LogP contribution in [-0.2, 0) is 10.0 Å². The van der Waals surface area contributed by atoms with E-state index >= 15 is 0 Å². The number of sulfonamides is 1. The van der Waals surface area contributed by atoms with Crippen molar-refractivity contribution in [1.29, 1.82) is 5.26 Å². The SMILES string of the molecule is N#Cc1cnc(S(N)(=O)=O)c([N+](=O)[O-])c1C(F)F. The molecule has 1 heterocycles. The number of nitrogens with two attached hydrogens (primary N) is 1. The van der Waals surface area contributed by atoms with Crippen LogP contribution in [0.25, 0.3) is 0 Å². The molecule has 1 aromatic heterocycles. The summed E-state index contributed by atoms with van der Waals surface area (Å²) in [6.45, 7) is 0. The summed E-state index contributed by atoms with van der Waals surface area (Å²) in [4.78, 5) is 12.4. The zero-order chi connectivity index (χ0) is 14.1. The molecule has 0 spiro atoms. The molecule has 0 fully saturated rings. The smallest absolute Gasteiger partial charge is 0.258 e. The zero-order valence-corrected chi connectivity index (χ0v) is 9.19. The maximum absolute atomic E-state index is 12.7. The van der Waals surface area contributed by atoms with Gasteiger partial charge < -0.3 is 0 Å². The van der Waals surface area contributed by atoms with Gasteiger partial charge in [0, 0.05) is 6.20 Å². The number of nitriles is 1. The fourth-order valence-electron chi connectivity index (χ4n) is 1.19. The molecule has 0 radical (unpaired) electrons. The summed E-state index contributed by atoms with van der Waals surface area (Å²) in [6, 6.07) is 1.27. The van der Waals surface area contributed by atoms with Gasteiger partial charge in [0.25, 0.3) is 16.4 Å². The van der Waals surface area contributed by atoms with Crippen molar-refractivity contribution in [3.8, 4) is 6.07 Å². The molecule has 0 aliphatic carbocycles. The number of nitro groups is 1. The normalized spacial score (nSPS) is 11.3. The summed E-state index contributed by atoms with van der Waals surface area (Å²) in [5.74, 6) is 0. The van der Waals surface area contributed by atoms with Gasteiger partial charge in [0.2, 0.25) is 5.03 Å². The van der Waals surface area contributed by atoms with Crippen molar-refractivity contribution in [2.45, 2.75) is 11.5 Å². The Bertz CT molecular complexity index is 652. The quantitative estimate of drug-likeness (QED) is 0.628. The summed E-state index contributed by atoms with van der Waals surface area (Å²) in [6.07, 6.45) is -2.92. The lowest BCUT2D eigenvalue weighted by Crippen LogP contribution is -2.18. The van der Waals surface area contributed by atoms with Gasteiger partial charge in [-0.05, 0) is 0 Å². The number of primary sulfonamides is 1. The minimum Gasteiger partial charge on any atom is -0.258 e. The molecule has 0 bridgehead atoms. The Kier molecular flexibility index (Phi) is 3.54. The van der Waals surface area contributed by atoms with E-state index in [2.05, 4.69) is 10.1 Å². The Morgan fingerprint density at radius 1 is 1.56 bits per heavy atom. The highest BCUT2D eigenvalue weighted by molar-refractivity contribution is 7.89. The largest absolute Gasteiger partial charge is 0.318 e. The molecule has 0 amide bonds. The van der Waals surface area contributed by atoms with Gasteiger partial charge in [-0.3, -0.25) is 10.1 Å². The van der Waals surface area contributed by atoms with Crippen LogP contribution in [0.1, 0.15) is 17.6 Å². The molecule has 0 atom stereocenters. The Balaban J connectivity index is 3.87. The summed E-state index contributed by atoms with van der Waals surface area (Å²) in [5.41, 5.74) is -3.59. The maximum atomic E-state index is 12.7. The standard InChI is InChI=1S/C7H4F2N4O4S/c8-6(9)4-3(1-10)2-12-7(18(11,16)17)5(4)13(14)15/h2,6H,(H2,11,16,17). The predicted molar refractivity (Wildman–Crippen MR) is 51.9 cm³/mol. The van der Waals surface area contributed by atoms with Gasteiger partial charge in [-0.2, -0.15) is 5.26 Å². The average Bonchev–Trinajstić information content (AvgIpc) is 2.25. The van der Waals surface area contributed by atoms with E-state index < -0.39 is 43.2 Å². The number of pyridine rings is 1. The van der Waals surface area contributed by atoms with Crippen molar-refractivity contribution in [2.24, 2.45) is 5.14 Å². The first-order valence-corrected chi connectivity index (χ1v) is 5.63. The molecule has 18 heavy (non-hydrogen) atoms. The van der Waals surface area contributed by atoms with E-state index in [0.29, 0.717) is 6.20 Å². The summed E-state index contributed by atoms with van der Waals surface area (Å²) < 4.78 is 47.4. The van der Waals surface area contributed by atoms with Crippen LogP contribution in [0.2, 0.25) is 0 Å². The van der Waals surface area contributed by atoms with Gasteiger partial charge in [0.15, 0.2) is 0 Å². The van der Waals surface area contributed by atoms with Crippen molar-refractivity contribution in [2.75, 3.05) is 0 Å². The van der Waals surface area contributed by atoms with E-state index in [-0.39, 0.29) is 0 Å². The second-order valence-electron chi connectivity index (χ2n) is 2.95. The first-order valence-electron chi connectivity index (χ1n) is 4.08. The summed E-state index contributed by atoms with van der Waals surface area (Å²) >= 11 is 0. The number of hydrogen-bond donors (Lipinski definition) is 1. The van der Waals surface area contributed by atoms with E-state index in [1.54, 1.807) is 0 Å². The highest BCUT2D eigenvalue weighted by Gasteiger charge is 2.35. The van der Waals surface area contributed by atoms with Crippen LogP contribution in [0.4, 0.5) is 14.5 Å². The molecule has 0 aliphatic heterocycles. The number of hydrogen-bond acceptors (Lipinski definition) is 6. The van der Waals surface area contributed by atoms with E-state index in [4.69, 9.17) is 5.26 Å². The second-order valence-corrected chi connectivity index (χ2v) is 4.43. The van der Waals surface area contributed by atoms with Crippen molar-refractivity contribution >= 4 is 15.7 Å². The van der Waals surface area contributed by atoms with E-state index in [1.165, 1.54) is 6.07 Å². The van der Waals surface area contributed by atoms with Crippen molar-refractivity contribution in [1.82, 2.24) is 4.98 Å². The molecule has 0 aliphatic rings. The third-order valence-corrected chi connectivity index (χ3v) is 2.69. The maximum Gasteiger partial charge on any atom is 0.318 e. The van der Waals surface area contributed by atoms with Crippen LogP contribution in [0.15, 0.2) is 11.2 Å². The van der Waals surface area contributed by atoms with Crippen LogP contribution >= 0.6 is 0 Å². The third kappa shape index (κ3) is 2.39. The first-order chi connectivity index (χ1) is 8.20. The summed E-state index contributed by atoms with van der Waals surface area (Å²) in [7, 11) is -4.66. The van der Waals surface area contributed by atoms with Crippen LogP contribution < -0.4 is 5.14 Å². The average molecular weight is 278 g/mol. The van der Waals surface area contributed by atoms with Crippen molar-refractivity contribution in [3.63, 3.8) is 0 Å². The minimum atomic E-state index is -4.66. The number of rotatable bonds is 3. The zero-order valence-electron chi connectivity index (χ0n) is 8.37. The minimum absolute atomic E-state index is 0.494. The van der Waals surface area contributed by atoms with E-state index in [1.807, 2.05) is 0 Å². The van der Waals surface area contributed by atoms with Crippen LogP contribution in [0.3, 0.4) is 0 Å². The van der Waals surface area contributed by atoms with E-state index in [0.717, 1.165) is 0 Å². The van der Waals surface area contributed by atoms with Crippen LogP contribution in [0.5, 0.6) is 0 Å². The fraction of sp³-hybridized carbons (Fsp3) is 0.143.